The number of nitro groups is 1. The van der Waals surface area contributed by atoms with Crippen LogP contribution >= 0.6 is 0 Å². The number of nitro benzene ring substituents is 1. The van der Waals surface area contributed by atoms with Gasteiger partial charge in [0.25, 0.3) is 5.69 Å². The van der Waals surface area contributed by atoms with E-state index in [4.69, 9.17) is 4.74 Å². The van der Waals surface area contributed by atoms with Crippen LogP contribution in [0.5, 0.6) is 11.8 Å². The number of anilines is 1. The summed E-state index contributed by atoms with van der Waals surface area (Å²) in [5.74, 6) is 0.323. The van der Waals surface area contributed by atoms with Gasteiger partial charge in [0, 0.05) is 31.4 Å². The fourth-order valence-electron chi connectivity index (χ4n) is 1.59. The van der Waals surface area contributed by atoms with E-state index in [1.165, 1.54) is 23.1 Å². The van der Waals surface area contributed by atoms with E-state index in [2.05, 4.69) is 15.4 Å². The van der Waals surface area contributed by atoms with Gasteiger partial charge in [0.1, 0.15) is 12.1 Å². The molecule has 0 amide bonds. The molecular weight excluding hydrogens is 262 g/mol. The molecule has 0 atom stereocenters. The molecule has 0 aliphatic carbocycles. The Kier molecular flexibility index (Phi) is 4.14. The van der Waals surface area contributed by atoms with Crippen molar-refractivity contribution in [2.24, 2.45) is 7.05 Å². The summed E-state index contributed by atoms with van der Waals surface area (Å²) in [7, 11) is 1.71. The smallest absolute Gasteiger partial charge is 0.340 e. The number of nitrogens with one attached hydrogen (secondary N) is 1. The quantitative estimate of drug-likeness (QED) is 0.643. The van der Waals surface area contributed by atoms with Crippen molar-refractivity contribution in [3.05, 3.63) is 34.6 Å². The van der Waals surface area contributed by atoms with E-state index in [1.54, 1.807) is 13.1 Å². The molecular formula is C12H15N5O3. The first-order valence-corrected chi connectivity index (χ1v) is 6.15. The molecule has 0 spiro atoms. The Balaban J connectivity index is 2.26. The van der Waals surface area contributed by atoms with Crippen LogP contribution in [0, 0.1) is 10.1 Å². The normalized spacial score (nSPS) is 10.3. The molecule has 0 unspecified atom stereocenters. The first kappa shape index (κ1) is 13.8. The zero-order valence-corrected chi connectivity index (χ0v) is 11.2. The summed E-state index contributed by atoms with van der Waals surface area (Å²) in [4.78, 5) is 14.4. The number of ether oxygens (including phenoxy) is 1. The summed E-state index contributed by atoms with van der Waals surface area (Å²) < 4.78 is 6.91. The Morgan fingerprint density at radius 2 is 2.25 bits per heavy atom. The van der Waals surface area contributed by atoms with E-state index in [0.29, 0.717) is 11.4 Å². The summed E-state index contributed by atoms with van der Waals surface area (Å²) >= 11 is 0. The van der Waals surface area contributed by atoms with Gasteiger partial charge >= 0.3 is 6.01 Å². The number of rotatable bonds is 6. The van der Waals surface area contributed by atoms with E-state index in [1.807, 2.05) is 6.92 Å². The molecule has 2 rings (SSSR count). The van der Waals surface area contributed by atoms with Crippen LogP contribution in [0.1, 0.15) is 13.3 Å². The van der Waals surface area contributed by atoms with Crippen LogP contribution in [0.4, 0.5) is 11.4 Å². The van der Waals surface area contributed by atoms with Gasteiger partial charge in [0.15, 0.2) is 0 Å². The standard InChI is InChI=1S/C12H15N5O3/c1-3-4-13-9-5-10(17(18)19)7-11(6-9)20-12-14-8-16(2)15-12/h5-8,13H,3-4H2,1-2H3. The lowest BCUT2D eigenvalue weighted by atomic mass is 10.2. The number of aryl methyl sites for hydroxylation is 1. The zero-order valence-electron chi connectivity index (χ0n) is 11.2. The highest BCUT2D eigenvalue weighted by atomic mass is 16.6. The Morgan fingerprint density at radius 1 is 1.45 bits per heavy atom. The van der Waals surface area contributed by atoms with Gasteiger partial charge < -0.3 is 10.1 Å². The summed E-state index contributed by atoms with van der Waals surface area (Å²) in [6.07, 6.45) is 2.41. The third-order valence-electron chi connectivity index (χ3n) is 2.47. The molecule has 8 nitrogen and oxygen atoms in total. The number of hydrogen-bond donors (Lipinski definition) is 1. The van der Waals surface area contributed by atoms with Crippen LogP contribution < -0.4 is 10.1 Å². The average molecular weight is 277 g/mol. The average Bonchev–Trinajstić information content (AvgIpc) is 2.81. The number of benzene rings is 1. The monoisotopic (exact) mass is 277 g/mol. The second-order valence-corrected chi connectivity index (χ2v) is 4.20. The first-order chi connectivity index (χ1) is 9.58. The van der Waals surface area contributed by atoms with E-state index in [-0.39, 0.29) is 11.7 Å². The van der Waals surface area contributed by atoms with E-state index < -0.39 is 4.92 Å². The second kappa shape index (κ2) is 6.00. The highest BCUT2D eigenvalue weighted by Crippen LogP contribution is 2.28. The molecule has 106 valence electrons. The predicted octanol–water partition coefficient (Wildman–Crippen LogP) is 2.34. The molecule has 2 aromatic rings. The van der Waals surface area contributed by atoms with Crippen LogP contribution in [0.15, 0.2) is 24.5 Å². The molecule has 0 saturated carbocycles. The van der Waals surface area contributed by atoms with E-state index >= 15 is 0 Å². The lowest BCUT2D eigenvalue weighted by Gasteiger charge is -2.07. The Morgan fingerprint density at radius 3 is 2.85 bits per heavy atom. The molecule has 0 aliphatic heterocycles. The lowest BCUT2D eigenvalue weighted by molar-refractivity contribution is -0.384. The summed E-state index contributed by atoms with van der Waals surface area (Å²) in [6, 6.07) is 4.63. The molecule has 0 saturated heterocycles. The summed E-state index contributed by atoms with van der Waals surface area (Å²) in [5.41, 5.74) is 0.587. The van der Waals surface area contributed by atoms with Crippen LogP contribution in [0.2, 0.25) is 0 Å². The molecule has 0 fully saturated rings. The van der Waals surface area contributed by atoms with Crippen molar-refractivity contribution in [2.75, 3.05) is 11.9 Å². The lowest BCUT2D eigenvalue weighted by Crippen LogP contribution is -2.01. The SMILES string of the molecule is CCCNc1cc(Oc2ncn(C)n2)cc([N+](=O)[O-])c1. The number of nitrogens with zero attached hydrogens (tertiary/aromatic N) is 4. The third kappa shape index (κ3) is 3.44. The molecule has 1 N–H and O–H groups in total. The number of aromatic nitrogens is 3. The largest absolute Gasteiger partial charge is 0.423 e. The molecule has 0 radical (unpaired) electrons. The van der Waals surface area contributed by atoms with Crippen molar-refractivity contribution < 1.29 is 9.66 Å². The van der Waals surface area contributed by atoms with Crippen molar-refractivity contribution >= 4 is 11.4 Å². The van der Waals surface area contributed by atoms with Gasteiger partial charge in [-0.2, -0.15) is 4.98 Å². The maximum absolute atomic E-state index is 10.9. The van der Waals surface area contributed by atoms with Crippen LogP contribution in [-0.2, 0) is 7.05 Å². The van der Waals surface area contributed by atoms with Crippen molar-refractivity contribution in [3.63, 3.8) is 0 Å². The van der Waals surface area contributed by atoms with Crippen molar-refractivity contribution in [3.8, 4) is 11.8 Å². The molecule has 8 heteroatoms. The highest BCUT2D eigenvalue weighted by molar-refractivity contribution is 5.56. The van der Waals surface area contributed by atoms with Crippen LogP contribution in [-0.4, -0.2) is 26.2 Å². The third-order valence-corrected chi connectivity index (χ3v) is 2.47. The van der Waals surface area contributed by atoms with E-state index in [0.717, 1.165) is 13.0 Å². The summed E-state index contributed by atoms with van der Waals surface area (Å²) in [6.45, 7) is 2.74. The predicted molar refractivity (Wildman–Crippen MR) is 73.0 cm³/mol. The second-order valence-electron chi connectivity index (χ2n) is 4.20. The van der Waals surface area contributed by atoms with Crippen molar-refractivity contribution in [1.29, 1.82) is 0 Å². The van der Waals surface area contributed by atoms with Crippen molar-refractivity contribution in [2.45, 2.75) is 13.3 Å². The molecule has 0 bridgehead atoms. The maximum atomic E-state index is 10.9. The van der Waals surface area contributed by atoms with Gasteiger partial charge in [0.2, 0.25) is 0 Å². The maximum Gasteiger partial charge on any atom is 0.340 e. The van der Waals surface area contributed by atoms with Crippen molar-refractivity contribution in [1.82, 2.24) is 14.8 Å². The highest BCUT2D eigenvalue weighted by Gasteiger charge is 2.12. The van der Waals surface area contributed by atoms with E-state index in [9.17, 15) is 10.1 Å². The zero-order chi connectivity index (χ0) is 14.5. The minimum Gasteiger partial charge on any atom is -0.423 e. The molecule has 1 aromatic heterocycles. The van der Waals surface area contributed by atoms with Crippen LogP contribution in [0.3, 0.4) is 0 Å². The van der Waals surface area contributed by atoms with Gasteiger partial charge in [0.05, 0.1) is 11.0 Å². The van der Waals surface area contributed by atoms with Gasteiger partial charge in [-0.3, -0.25) is 14.8 Å². The minimum atomic E-state index is -0.462. The molecule has 20 heavy (non-hydrogen) atoms. The van der Waals surface area contributed by atoms with Gasteiger partial charge in [-0.25, -0.2) is 0 Å². The Hall–Kier alpha value is -2.64. The van der Waals surface area contributed by atoms with Gasteiger partial charge in [-0.15, -0.1) is 5.10 Å². The molecule has 0 aliphatic rings. The van der Waals surface area contributed by atoms with Gasteiger partial charge in [-0.1, -0.05) is 6.92 Å². The first-order valence-electron chi connectivity index (χ1n) is 6.15. The topological polar surface area (TPSA) is 95.1 Å². The fourth-order valence-corrected chi connectivity index (χ4v) is 1.59. The molecule has 1 aromatic carbocycles. The number of non-ortho nitro benzene ring substituents is 1. The number of hydrogen-bond acceptors (Lipinski definition) is 6. The minimum absolute atomic E-state index is 0.0444. The van der Waals surface area contributed by atoms with Gasteiger partial charge in [-0.05, 0) is 6.42 Å². The Bertz CT molecular complexity index is 611. The fraction of sp³-hybridized carbons (Fsp3) is 0.333. The Labute approximate surface area is 115 Å². The van der Waals surface area contributed by atoms with Crippen LogP contribution in [0.25, 0.3) is 0 Å². The molecule has 1 heterocycles. The summed E-state index contributed by atoms with van der Waals surface area (Å²) in [5, 5.41) is 18.0.